The van der Waals surface area contributed by atoms with Gasteiger partial charge in [-0.15, -0.1) is 21.8 Å². The summed E-state index contributed by atoms with van der Waals surface area (Å²) in [6.07, 6.45) is 2.60. The third-order valence-electron chi connectivity index (χ3n) is 2.94. The highest BCUT2D eigenvalue weighted by Gasteiger charge is 2.08. The van der Waals surface area contributed by atoms with Crippen LogP contribution in [0.25, 0.3) is 0 Å². The van der Waals surface area contributed by atoms with Crippen LogP contribution in [-0.4, -0.2) is 28.6 Å². The quantitative estimate of drug-likeness (QED) is 0.749. The molecule has 0 aliphatic heterocycles. The van der Waals surface area contributed by atoms with Crippen molar-refractivity contribution in [2.24, 2.45) is 0 Å². The summed E-state index contributed by atoms with van der Waals surface area (Å²) in [7, 11) is 0. The number of nitrogens with zero attached hydrogens (tertiary/aromatic N) is 2. The number of hydrogen-bond donors (Lipinski definition) is 1. The molecule has 2 aromatic rings. The van der Waals surface area contributed by atoms with Gasteiger partial charge in [-0.05, 0) is 30.5 Å². The summed E-state index contributed by atoms with van der Waals surface area (Å²) in [6, 6.07) is 7.70. The predicted octanol–water partition coefficient (Wildman–Crippen LogP) is 3.29. The van der Waals surface area contributed by atoms with E-state index in [2.05, 4.69) is 22.4 Å². The van der Waals surface area contributed by atoms with Gasteiger partial charge in [-0.3, -0.25) is 10.1 Å². The van der Waals surface area contributed by atoms with Crippen molar-refractivity contribution in [2.75, 3.05) is 17.8 Å². The van der Waals surface area contributed by atoms with Crippen molar-refractivity contribution < 1.29 is 9.53 Å². The SMILES string of the molecule is CCc1ccc(OCC(=O)Nc2nnc(CCCCl)s2)cc1. The molecule has 0 aliphatic rings. The number of benzene rings is 1. The van der Waals surface area contributed by atoms with Crippen LogP contribution >= 0.6 is 22.9 Å². The summed E-state index contributed by atoms with van der Waals surface area (Å²) >= 11 is 6.99. The van der Waals surface area contributed by atoms with Crippen molar-refractivity contribution in [1.82, 2.24) is 10.2 Å². The van der Waals surface area contributed by atoms with Crippen LogP contribution in [0.5, 0.6) is 5.75 Å². The summed E-state index contributed by atoms with van der Waals surface area (Å²) in [5.74, 6) is 1.01. The van der Waals surface area contributed by atoms with Gasteiger partial charge in [0.05, 0.1) is 0 Å². The van der Waals surface area contributed by atoms with Crippen molar-refractivity contribution in [3.63, 3.8) is 0 Å². The lowest BCUT2D eigenvalue weighted by atomic mass is 10.2. The Morgan fingerprint density at radius 1 is 1.32 bits per heavy atom. The minimum absolute atomic E-state index is 0.0535. The second-order valence-corrected chi connectivity index (χ2v) is 6.07. The van der Waals surface area contributed by atoms with Gasteiger partial charge >= 0.3 is 0 Å². The van der Waals surface area contributed by atoms with Gasteiger partial charge in [-0.25, -0.2) is 0 Å². The summed E-state index contributed by atoms with van der Waals surface area (Å²) < 4.78 is 5.44. The number of carbonyl (C=O) groups is 1. The highest BCUT2D eigenvalue weighted by molar-refractivity contribution is 7.15. The molecule has 0 bridgehead atoms. The summed E-state index contributed by atoms with van der Waals surface area (Å²) in [4.78, 5) is 11.8. The van der Waals surface area contributed by atoms with E-state index in [0.717, 1.165) is 24.3 Å². The highest BCUT2D eigenvalue weighted by atomic mass is 35.5. The van der Waals surface area contributed by atoms with Gasteiger partial charge in [0.2, 0.25) is 5.13 Å². The average Bonchev–Trinajstić information content (AvgIpc) is 2.98. The molecule has 1 aromatic carbocycles. The Morgan fingerprint density at radius 3 is 2.77 bits per heavy atom. The molecular weight excluding hydrogens is 322 g/mol. The Kier molecular flexibility index (Phi) is 6.61. The molecule has 0 atom stereocenters. The number of aryl methyl sites for hydroxylation is 2. The maximum Gasteiger partial charge on any atom is 0.264 e. The van der Waals surface area contributed by atoms with Gasteiger partial charge in [0.15, 0.2) is 6.61 Å². The van der Waals surface area contributed by atoms with E-state index in [4.69, 9.17) is 16.3 Å². The lowest BCUT2D eigenvalue weighted by Gasteiger charge is -2.06. The third-order valence-corrected chi connectivity index (χ3v) is 4.10. The second-order valence-electron chi connectivity index (χ2n) is 4.63. The highest BCUT2D eigenvalue weighted by Crippen LogP contribution is 2.17. The lowest BCUT2D eigenvalue weighted by molar-refractivity contribution is -0.118. The molecule has 0 fully saturated rings. The van der Waals surface area contributed by atoms with Crippen molar-refractivity contribution in [2.45, 2.75) is 26.2 Å². The molecule has 0 spiro atoms. The fraction of sp³-hybridized carbons (Fsp3) is 0.400. The van der Waals surface area contributed by atoms with E-state index in [9.17, 15) is 4.79 Å². The van der Waals surface area contributed by atoms with Crippen LogP contribution in [-0.2, 0) is 17.6 Å². The smallest absolute Gasteiger partial charge is 0.264 e. The number of carbonyl (C=O) groups excluding carboxylic acids is 1. The summed E-state index contributed by atoms with van der Waals surface area (Å²) in [5.41, 5.74) is 1.23. The first-order valence-electron chi connectivity index (χ1n) is 7.11. The molecule has 1 heterocycles. The van der Waals surface area contributed by atoms with Crippen LogP contribution in [0.3, 0.4) is 0 Å². The van der Waals surface area contributed by atoms with Crippen LogP contribution in [0.1, 0.15) is 23.9 Å². The normalized spacial score (nSPS) is 10.5. The van der Waals surface area contributed by atoms with E-state index < -0.39 is 0 Å². The van der Waals surface area contributed by atoms with Crippen molar-refractivity contribution >= 4 is 34.0 Å². The number of alkyl halides is 1. The van der Waals surface area contributed by atoms with E-state index in [1.807, 2.05) is 24.3 Å². The Balaban J connectivity index is 1.78. The van der Waals surface area contributed by atoms with E-state index in [0.29, 0.717) is 16.8 Å². The van der Waals surface area contributed by atoms with Gasteiger partial charge in [-0.2, -0.15) is 0 Å². The summed E-state index contributed by atoms with van der Waals surface area (Å²) in [5, 5.41) is 12.0. The van der Waals surface area contributed by atoms with Gasteiger partial charge in [0.1, 0.15) is 10.8 Å². The van der Waals surface area contributed by atoms with Crippen LogP contribution in [0.2, 0.25) is 0 Å². The molecule has 0 aliphatic carbocycles. The first-order valence-corrected chi connectivity index (χ1v) is 8.46. The molecule has 7 heteroatoms. The Morgan fingerprint density at radius 2 is 2.09 bits per heavy atom. The summed E-state index contributed by atoms with van der Waals surface area (Å²) in [6.45, 7) is 2.04. The van der Waals surface area contributed by atoms with Crippen LogP contribution in [0.4, 0.5) is 5.13 Å². The van der Waals surface area contributed by atoms with Crippen molar-refractivity contribution in [3.05, 3.63) is 34.8 Å². The standard InChI is InChI=1S/C15H18ClN3O2S/c1-2-11-5-7-12(8-6-11)21-10-13(20)17-15-19-18-14(22-15)4-3-9-16/h5-8H,2-4,9-10H2,1H3,(H,17,19,20). The first kappa shape index (κ1) is 16.7. The molecule has 118 valence electrons. The number of aromatic nitrogens is 2. The molecule has 22 heavy (non-hydrogen) atoms. The molecule has 0 unspecified atom stereocenters. The average molecular weight is 340 g/mol. The van der Waals surface area contributed by atoms with Gasteiger partial charge in [0.25, 0.3) is 5.91 Å². The fourth-order valence-electron chi connectivity index (χ4n) is 1.75. The van der Waals surface area contributed by atoms with Gasteiger partial charge in [0, 0.05) is 12.3 Å². The second kappa shape index (κ2) is 8.70. The minimum atomic E-state index is -0.250. The molecule has 5 nitrogen and oxygen atoms in total. The molecule has 1 amide bonds. The molecule has 2 rings (SSSR count). The first-order chi connectivity index (χ1) is 10.7. The molecule has 0 saturated carbocycles. The Hall–Kier alpha value is -1.66. The van der Waals surface area contributed by atoms with E-state index in [1.54, 1.807) is 0 Å². The topological polar surface area (TPSA) is 64.1 Å². The molecule has 1 N–H and O–H groups in total. The van der Waals surface area contributed by atoms with Crippen LogP contribution in [0, 0.1) is 0 Å². The minimum Gasteiger partial charge on any atom is -0.484 e. The van der Waals surface area contributed by atoms with Gasteiger partial charge in [-0.1, -0.05) is 30.4 Å². The fourth-order valence-corrected chi connectivity index (χ4v) is 2.68. The molecule has 0 saturated heterocycles. The lowest BCUT2D eigenvalue weighted by Crippen LogP contribution is -2.20. The maximum atomic E-state index is 11.8. The monoisotopic (exact) mass is 339 g/mol. The van der Waals surface area contributed by atoms with Crippen molar-refractivity contribution in [1.29, 1.82) is 0 Å². The Bertz CT molecular complexity index is 601. The van der Waals surface area contributed by atoms with E-state index in [-0.39, 0.29) is 12.5 Å². The number of rotatable bonds is 8. The zero-order valence-electron chi connectivity index (χ0n) is 12.3. The maximum absolute atomic E-state index is 11.8. The van der Waals surface area contributed by atoms with E-state index >= 15 is 0 Å². The van der Waals surface area contributed by atoms with Crippen LogP contribution in [0.15, 0.2) is 24.3 Å². The van der Waals surface area contributed by atoms with Crippen LogP contribution < -0.4 is 10.1 Å². The number of anilines is 1. The van der Waals surface area contributed by atoms with E-state index in [1.165, 1.54) is 16.9 Å². The predicted molar refractivity (Wildman–Crippen MR) is 88.9 cm³/mol. The number of halogens is 1. The number of amides is 1. The zero-order valence-corrected chi connectivity index (χ0v) is 13.9. The number of hydrogen-bond acceptors (Lipinski definition) is 5. The number of ether oxygens (including phenoxy) is 1. The largest absolute Gasteiger partial charge is 0.484 e. The molecule has 1 aromatic heterocycles. The van der Waals surface area contributed by atoms with Gasteiger partial charge < -0.3 is 4.74 Å². The van der Waals surface area contributed by atoms with Crippen molar-refractivity contribution in [3.8, 4) is 5.75 Å². The Labute approximate surface area is 138 Å². The third kappa shape index (κ3) is 5.27. The molecule has 0 radical (unpaired) electrons. The zero-order chi connectivity index (χ0) is 15.8. The number of nitrogens with one attached hydrogen (secondary N) is 1. The molecular formula is C15H18ClN3O2S.